The standard InChI is InChI=1S/C24H20F4N6O3S/c25-16-2-4-21(18(26)11-16)38(35,36)33-20-10-15(12-30-23(20)37-24(27)28)14-1-3-19-17(9-14)22(32-13-31-19)34-7-5-29-6-8-34/h1-4,9-13,24,29,33H,5-8H2. The number of nitrogens with zero attached hydrogens (tertiary/aromatic N) is 4. The Bertz CT molecular complexity index is 1600. The summed E-state index contributed by atoms with van der Waals surface area (Å²) in [6.45, 7) is -0.247. The van der Waals surface area contributed by atoms with E-state index in [1.165, 1.54) is 18.6 Å². The van der Waals surface area contributed by atoms with Crippen molar-refractivity contribution in [2.45, 2.75) is 11.5 Å². The van der Waals surface area contributed by atoms with E-state index < -0.39 is 44.7 Å². The van der Waals surface area contributed by atoms with E-state index in [9.17, 15) is 26.0 Å². The van der Waals surface area contributed by atoms with Gasteiger partial charge in [-0.1, -0.05) is 6.07 Å². The van der Waals surface area contributed by atoms with E-state index in [4.69, 9.17) is 0 Å². The first-order valence-electron chi connectivity index (χ1n) is 11.3. The number of rotatable bonds is 7. The molecule has 9 nitrogen and oxygen atoms in total. The molecule has 1 aliphatic heterocycles. The molecule has 5 rings (SSSR count). The van der Waals surface area contributed by atoms with Gasteiger partial charge in [0.25, 0.3) is 10.0 Å². The molecule has 2 N–H and O–H groups in total. The Labute approximate surface area is 214 Å². The first kappa shape index (κ1) is 25.6. The van der Waals surface area contributed by atoms with Crippen molar-refractivity contribution in [2.75, 3.05) is 35.8 Å². The van der Waals surface area contributed by atoms with Crippen molar-refractivity contribution in [1.82, 2.24) is 20.3 Å². The summed E-state index contributed by atoms with van der Waals surface area (Å²) in [5, 5.41) is 4.01. The van der Waals surface area contributed by atoms with Crippen molar-refractivity contribution >= 4 is 32.4 Å². The third kappa shape index (κ3) is 5.31. The van der Waals surface area contributed by atoms with E-state index in [0.717, 1.165) is 49.5 Å². The Balaban J connectivity index is 1.56. The lowest BCUT2D eigenvalue weighted by molar-refractivity contribution is -0.0522. The summed E-state index contributed by atoms with van der Waals surface area (Å²) in [5.74, 6) is -2.34. The number of anilines is 2. The average Bonchev–Trinajstić information content (AvgIpc) is 2.89. The van der Waals surface area contributed by atoms with Gasteiger partial charge in [-0.2, -0.15) is 8.78 Å². The molecule has 38 heavy (non-hydrogen) atoms. The van der Waals surface area contributed by atoms with Crippen molar-refractivity contribution in [3.8, 4) is 17.0 Å². The van der Waals surface area contributed by atoms with E-state index in [1.807, 2.05) is 4.72 Å². The van der Waals surface area contributed by atoms with Gasteiger partial charge in [0.1, 0.15) is 34.4 Å². The van der Waals surface area contributed by atoms with Crippen molar-refractivity contribution in [2.24, 2.45) is 0 Å². The van der Waals surface area contributed by atoms with Crippen LogP contribution in [0.4, 0.5) is 29.1 Å². The number of fused-ring (bicyclic) bond motifs is 1. The number of nitrogens with one attached hydrogen (secondary N) is 2. The van der Waals surface area contributed by atoms with Gasteiger partial charge in [0.05, 0.1) is 5.52 Å². The topological polar surface area (TPSA) is 109 Å². The molecule has 0 saturated carbocycles. The molecule has 1 fully saturated rings. The monoisotopic (exact) mass is 548 g/mol. The third-order valence-electron chi connectivity index (χ3n) is 5.84. The zero-order valence-corrected chi connectivity index (χ0v) is 20.4. The van der Waals surface area contributed by atoms with Crippen LogP contribution in [0.1, 0.15) is 0 Å². The number of aromatic nitrogens is 3. The fourth-order valence-corrected chi connectivity index (χ4v) is 5.21. The molecule has 0 atom stereocenters. The van der Waals surface area contributed by atoms with Crippen LogP contribution in [0.5, 0.6) is 5.88 Å². The van der Waals surface area contributed by atoms with Crippen LogP contribution in [-0.4, -0.2) is 56.2 Å². The highest BCUT2D eigenvalue weighted by molar-refractivity contribution is 7.92. The van der Waals surface area contributed by atoms with E-state index in [-0.39, 0.29) is 0 Å². The minimum atomic E-state index is -4.66. The lowest BCUT2D eigenvalue weighted by Crippen LogP contribution is -2.44. The highest BCUT2D eigenvalue weighted by Crippen LogP contribution is 2.34. The molecule has 0 bridgehead atoms. The van der Waals surface area contributed by atoms with Gasteiger partial charge in [-0.05, 0) is 35.9 Å². The van der Waals surface area contributed by atoms with Gasteiger partial charge < -0.3 is 15.0 Å². The third-order valence-corrected chi connectivity index (χ3v) is 7.24. The van der Waals surface area contributed by atoms with Gasteiger partial charge >= 0.3 is 6.61 Å². The smallest absolute Gasteiger partial charge is 0.388 e. The molecule has 0 radical (unpaired) electrons. The second kappa shape index (κ2) is 10.4. The van der Waals surface area contributed by atoms with Gasteiger partial charge in [-0.15, -0.1) is 0 Å². The van der Waals surface area contributed by atoms with E-state index >= 15 is 0 Å². The molecule has 4 aromatic rings. The number of alkyl halides is 2. The Kier molecular flexibility index (Phi) is 6.99. The summed E-state index contributed by atoms with van der Waals surface area (Å²) < 4.78 is 85.6. The van der Waals surface area contributed by atoms with Gasteiger partial charge in [-0.25, -0.2) is 32.2 Å². The predicted molar refractivity (Wildman–Crippen MR) is 132 cm³/mol. The summed E-state index contributed by atoms with van der Waals surface area (Å²) in [6.07, 6.45) is 2.71. The summed E-state index contributed by atoms with van der Waals surface area (Å²) >= 11 is 0. The first-order valence-corrected chi connectivity index (χ1v) is 12.8. The maximum absolute atomic E-state index is 14.2. The van der Waals surface area contributed by atoms with E-state index in [2.05, 4.69) is 29.9 Å². The molecule has 0 amide bonds. The van der Waals surface area contributed by atoms with Crippen LogP contribution in [0.25, 0.3) is 22.0 Å². The molecule has 2 aromatic carbocycles. The Morgan fingerprint density at radius 3 is 2.50 bits per heavy atom. The van der Waals surface area contributed by atoms with E-state index in [1.54, 1.807) is 18.2 Å². The van der Waals surface area contributed by atoms with Crippen LogP contribution < -0.4 is 19.7 Å². The number of halogens is 4. The SMILES string of the molecule is O=S(=O)(Nc1cc(-c2ccc3ncnc(N4CCNCC4)c3c2)cnc1OC(F)F)c1ccc(F)cc1F. The zero-order valence-electron chi connectivity index (χ0n) is 19.5. The van der Waals surface area contributed by atoms with Gasteiger partial charge in [0.2, 0.25) is 5.88 Å². The minimum absolute atomic E-state index is 0.348. The molecule has 1 saturated heterocycles. The largest absolute Gasteiger partial charge is 0.415 e. The van der Waals surface area contributed by atoms with Crippen LogP contribution in [0.2, 0.25) is 0 Å². The molecule has 14 heteroatoms. The van der Waals surface area contributed by atoms with Gasteiger partial charge in [-0.3, -0.25) is 4.72 Å². The van der Waals surface area contributed by atoms with Crippen LogP contribution in [0.3, 0.4) is 0 Å². The number of sulfonamides is 1. The van der Waals surface area contributed by atoms with Crippen molar-refractivity contribution in [1.29, 1.82) is 0 Å². The molecule has 0 spiro atoms. The maximum Gasteiger partial charge on any atom is 0.388 e. The van der Waals surface area contributed by atoms with Crippen molar-refractivity contribution in [3.05, 3.63) is 66.6 Å². The normalized spacial score (nSPS) is 14.2. The van der Waals surface area contributed by atoms with Crippen LogP contribution in [-0.2, 0) is 10.0 Å². The highest BCUT2D eigenvalue weighted by Gasteiger charge is 2.24. The Hall–Kier alpha value is -4.04. The Morgan fingerprint density at radius 1 is 0.974 bits per heavy atom. The lowest BCUT2D eigenvalue weighted by atomic mass is 10.0. The van der Waals surface area contributed by atoms with Crippen LogP contribution in [0, 0.1) is 11.6 Å². The van der Waals surface area contributed by atoms with Crippen molar-refractivity contribution < 1.29 is 30.7 Å². The summed E-state index contributed by atoms with van der Waals surface area (Å²) in [6, 6.07) is 8.36. The summed E-state index contributed by atoms with van der Waals surface area (Å²) in [7, 11) is -4.66. The number of hydrogen-bond donors (Lipinski definition) is 2. The van der Waals surface area contributed by atoms with Crippen LogP contribution in [0.15, 0.2) is 59.9 Å². The highest BCUT2D eigenvalue weighted by atomic mass is 32.2. The fourth-order valence-electron chi connectivity index (χ4n) is 4.11. The molecule has 3 heterocycles. The zero-order chi connectivity index (χ0) is 26.9. The van der Waals surface area contributed by atoms with Crippen LogP contribution >= 0.6 is 0 Å². The number of piperazine rings is 1. The van der Waals surface area contributed by atoms with E-state index in [0.29, 0.717) is 22.7 Å². The second-order valence-electron chi connectivity index (χ2n) is 8.30. The number of benzene rings is 2. The maximum atomic E-state index is 14.2. The summed E-state index contributed by atoms with van der Waals surface area (Å²) in [4.78, 5) is 13.8. The van der Waals surface area contributed by atoms with Gasteiger partial charge in [0, 0.05) is 49.4 Å². The molecule has 198 valence electrons. The molecular weight excluding hydrogens is 528 g/mol. The molecule has 1 aliphatic rings. The van der Waals surface area contributed by atoms with Crippen molar-refractivity contribution in [3.63, 3.8) is 0 Å². The first-order chi connectivity index (χ1) is 18.2. The van der Waals surface area contributed by atoms with Gasteiger partial charge in [0.15, 0.2) is 0 Å². The summed E-state index contributed by atoms with van der Waals surface area (Å²) in [5.41, 5.74) is 1.13. The average molecular weight is 549 g/mol. The Morgan fingerprint density at radius 2 is 1.76 bits per heavy atom. The minimum Gasteiger partial charge on any atom is -0.415 e. The molecule has 0 aliphatic carbocycles. The lowest BCUT2D eigenvalue weighted by Gasteiger charge is -2.29. The number of pyridine rings is 1. The molecular formula is C24H20F4N6O3S. The second-order valence-corrected chi connectivity index (χ2v) is 9.95. The molecule has 0 unspecified atom stereocenters. The predicted octanol–water partition coefficient (Wildman–Crippen LogP) is 3.78. The quantitative estimate of drug-likeness (QED) is 0.336. The number of ether oxygens (including phenoxy) is 1. The fraction of sp³-hybridized carbons (Fsp3) is 0.208. The number of hydrogen-bond acceptors (Lipinski definition) is 8. The molecule has 2 aromatic heterocycles.